The number of nitrogens with zero attached hydrogens (tertiary/aromatic N) is 2. The van der Waals surface area contributed by atoms with E-state index in [1.54, 1.807) is 20.1 Å². The van der Waals surface area contributed by atoms with Gasteiger partial charge in [0.15, 0.2) is 0 Å². The topological polar surface area (TPSA) is 85.3 Å². The standard InChI is InChI=1S/C38H50N2O5S/c1-5-30(41)23-46(43)31(6-2)11-7-8-12-35(44-4)32-16-14-29(32)22-40-24-38(19-9-10-27-20-26(3)13-17-33(27)38)25-45-36-18-15-28(21-34(36)40)37(42)39-46/h8,12-13,15,17-18,20-21,29,31-32,35H,5-7,9-11,14,16,19,22-25H2,1-4H3/b12-8+/t29-,31+,32+,35-,38-,46-/m0/s1. The number of fused-ring (bicyclic) bond motifs is 4. The van der Waals surface area contributed by atoms with Crippen LogP contribution >= 0.6 is 0 Å². The monoisotopic (exact) mass is 646 g/mol. The Kier molecular flexibility index (Phi) is 9.77. The Morgan fingerprint density at radius 2 is 2.00 bits per heavy atom. The summed E-state index contributed by atoms with van der Waals surface area (Å²) in [6.45, 7) is 8.11. The van der Waals surface area contributed by atoms with Crippen molar-refractivity contribution in [3.8, 4) is 5.75 Å². The smallest absolute Gasteiger partial charge is 0.285 e. The number of hydrogen-bond donors (Lipinski definition) is 0. The number of rotatable bonds is 5. The molecule has 2 aromatic rings. The molecule has 46 heavy (non-hydrogen) atoms. The SMILES string of the molecule is CCC(=O)C[S@@]1(=O)=NC(=O)c2ccc3c(c2)N(C[C@@H]2CC[C@H]2[C@@H](OC)/C=C/CC[C@H]1CC)C[C@@]1(CCCc2cc(C)ccc21)CO3. The second-order valence-corrected chi connectivity index (χ2v) is 16.5. The summed E-state index contributed by atoms with van der Waals surface area (Å²) in [5.74, 6) is 0.765. The molecule has 2 bridgehead atoms. The predicted molar refractivity (Wildman–Crippen MR) is 184 cm³/mol. The largest absolute Gasteiger partial charge is 0.490 e. The molecule has 0 unspecified atom stereocenters. The minimum absolute atomic E-state index is 0.00500. The summed E-state index contributed by atoms with van der Waals surface area (Å²) >= 11 is 0. The number of benzene rings is 2. The lowest BCUT2D eigenvalue weighted by Crippen LogP contribution is -2.49. The molecule has 1 fully saturated rings. The Hall–Kier alpha value is -2.97. The number of carbonyl (C=O) groups excluding carboxylic acids is 2. The molecule has 0 radical (unpaired) electrons. The lowest BCUT2D eigenvalue weighted by Gasteiger charge is -2.46. The summed E-state index contributed by atoms with van der Waals surface area (Å²) in [4.78, 5) is 29.0. The van der Waals surface area contributed by atoms with Gasteiger partial charge < -0.3 is 14.4 Å². The highest BCUT2D eigenvalue weighted by Crippen LogP contribution is 2.47. The van der Waals surface area contributed by atoms with E-state index in [1.165, 1.54) is 16.7 Å². The van der Waals surface area contributed by atoms with E-state index in [1.807, 2.05) is 19.1 Å². The molecule has 6 atom stereocenters. The highest BCUT2D eigenvalue weighted by Gasteiger charge is 2.44. The second-order valence-electron chi connectivity index (χ2n) is 14.0. The van der Waals surface area contributed by atoms with Gasteiger partial charge in [-0.1, -0.05) is 49.8 Å². The number of hydrogen-bond acceptors (Lipinski definition) is 6. The van der Waals surface area contributed by atoms with E-state index in [0.29, 0.717) is 43.3 Å². The first-order chi connectivity index (χ1) is 22.2. The van der Waals surface area contributed by atoms with Gasteiger partial charge in [-0.15, -0.1) is 0 Å². The predicted octanol–water partition coefficient (Wildman–Crippen LogP) is 7.23. The fourth-order valence-corrected chi connectivity index (χ4v) is 10.8. The van der Waals surface area contributed by atoms with Crippen LogP contribution < -0.4 is 9.64 Å². The minimum atomic E-state index is -3.13. The van der Waals surface area contributed by atoms with Gasteiger partial charge in [0.2, 0.25) is 0 Å². The van der Waals surface area contributed by atoms with Crippen molar-refractivity contribution < 1.29 is 23.3 Å². The number of ketones is 1. The maximum atomic E-state index is 14.5. The van der Waals surface area contributed by atoms with Crippen molar-refractivity contribution >= 4 is 27.1 Å². The summed E-state index contributed by atoms with van der Waals surface area (Å²) in [6, 6.07) is 12.4. The van der Waals surface area contributed by atoms with Gasteiger partial charge >= 0.3 is 0 Å². The fraction of sp³-hybridized carbons (Fsp3) is 0.579. The van der Waals surface area contributed by atoms with Crippen molar-refractivity contribution in [3.05, 3.63) is 70.8 Å². The van der Waals surface area contributed by atoms with E-state index in [9.17, 15) is 13.8 Å². The summed E-state index contributed by atoms with van der Waals surface area (Å²) in [5.41, 5.74) is 5.19. The minimum Gasteiger partial charge on any atom is -0.490 e. The lowest BCUT2D eigenvalue weighted by atomic mass is 9.68. The molecule has 248 valence electrons. The van der Waals surface area contributed by atoms with Crippen LogP contribution in [-0.2, 0) is 31.1 Å². The summed E-state index contributed by atoms with van der Waals surface area (Å²) in [6.07, 6.45) is 11.9. The van der Waals surface area contributed by atoms with Crippen LogP contribution in [0.15, 0.2) is 52.9 Å². The van der Waals surface area contributed by atoms with Gasteiger partial charge in [0.25, 0.3) is 5.91 Å². The van der Waals surface area contributed by atoms with Crippen molar-refractivity contribution in [1.82, 2.24) is 0 Å². The van der Waals surface area contributed by atoms with E-state index in [2.05, 4.69) is 46.5 Å². The van der Waals surface area contributed by atoms with E-state index in [-0.39, 0.29) is 34.7 Å². The van der Waals surface area contributed by atoms with E-state index in [4.69, 9.17) is 9.47 Å². The normalized spacial score (nSPS) is 31.8. The zero-order chi connectivity index (χ0) is 32.5. The molecule has 1 amide bonds. The maximum Gasteiger partial charge on any atom is 0.285 e. The van der Waals surface area contributed by atoms with Crippen molar-refractivity contribution in [1.29, 1.82) is 0 Å². The third kappa shape index (κ3) is 6.44. The Labute approximate surface area is 275 Å². The molecule has 4 aliphatic rings. The van der Waals surface area contributed by atoms with Gasteiger partial charge in [0, 0.05) is 42.8 Å². The van der Waals surface area contributed by atoms with Crippen LogP contribution in [-0.4, -0.2) is 59.8 Å². The van der Waals surface area contributed by atoms with E-state index < -0.39 is 15.6 Å². The van der Waals surface area contributed by atoms with Crippen LogP contribution in [0.1, 0.15) is 92.3 Å². The van der Waals surface area contributed by atoms with Gasteiger partial charge in [-0.2, -0.15) is 4.36 Å². The Morgan fingerprint density at radius 3 is 2.74 bits per heavy atom. The summed E-state index contributed by atoms with van der Waals surface area (Å²) in [5, 5.41) is -0.363. The second kappa shape index (κ2) is 13.6. The van der Waals surface area contributed by atoms with Crippen molar-refractivity contribution in [2.24, 2.45) is 16.2 Å². The van der Waals surface area contributed by atoms with Crippen LogP contribution in [0, 0.1) is 18.8 Å². The first-order valence-corrected chi connectivity index (χ1v) is 19.0. The Balaban J connectivity index is 1.46. The number of Topliss-reactive ketones (excluding diaryl/α,β-unsaturated/α-hetero) is 1. The molecule has 0 saturated heterocycles. The van der Waals surface area contributed by atoms with Crippen LogP contribution in [0.5, 0.6) is 5.75 Å². The number of anilines is 1. The zero-order valence-corrected chi connectivity index (χ0v) is 28.8. The molecule has 1 spiro atoms. The first kappa shape index (κ1) is 33.0. The maximum absolute atomic E-state index is 14.5. The van der Waals surface area contributed by atoms with Crippen molar-refractivity contribution in [2.45, 2.75) is 95.3 Å². The zero-order valence-electron chi connectivity index (χ0n) is 28.0. The summed E-state index contributed by atoms with van der Waals surface area (Å²) < 4.78 is 31.6. The molecule has 2 aliphatic carbocycles. The molecule has 2 aromatic carbocycles. The quantitative estimate of drug-likeness (QED) is 0.319. The third-order valence-electron chi connectivity index (χ3n) is 11.1. The molecule has 8 heteroatoms. The summed E-state index contributed by atoms with van der Waals surface area (Å²) in [7, 11) is -1.34. The lowest BCUT2D eigenvalue weighted by molar-refractivity contribution is -0.116. The van der Waals surface area contributed by atoms with Crippen molar-refractivity contribution in [3.63, 3.8) is 0 Å². The number of carbonyl (C=O) groups is 2. The average molecular weight is 647 g/mol. The van der Waals surface area contributed by atoms with Crippen molar-refractivity contribution in [2.75, 3.05) is 37.5 Å². The van der Waals surface area contributed by atoms with E-state index >= 15 is 0 Å². The molecule has 2 aliphatic heterocycles. The molecule has 6 rings (SSSR count). The number of allylic oxidation sites excluding steroid dienone is 1. The Morgan fingerprint density at radius 1 is 1.15 bits per heavy atom. The van der Waals surface area contributed by atoms with Gasteiger partial charge in [-0.25, -0.2) is 4.21 Å². The van der Waals surface area contributed by atoms with Crippen LogP contribution in [0.2, 0.25) is 0 Å². The number of amides is 1. The van der Waals surface area contributed by atoms with Crippen LogP contribution in [0.25, 0.3) is 0 Å². The molecule has 0 aromatic heterocycles. The molecule has 0 N–H and O–H groups in total. The average Bonchev–Trinajstić information content (AvgIpc) is 3.18. The highest BCUT2D eigenvalue weighted by molar-refractivity contribution is 7.95. The van der Waals surface area contributed by atoms with Gasteiger partial charge in [-0.05, 0) is 99.5 Å². The first-order valence-electron chi connectivity index (χ1n) is 17.3. The van der Waals surface area contributed by atoms with Gasteiger partial charge in [0.1, 0.15) is 11.5 Å². The van der Waals surface area contributed by atoms with Crippen LogP contribution in [0.4, 0.5) is 5.69 Å². The Bertz CT molecular complexity index is 1620. The molecular weight excluding hydrogens is 596 g/mol. The van der Waals surface area contributed by atoms with E-state index in [0.717, 1.165) is 56.6 Å². The third-order valence-corrected chi connectivity index (χ3v) is 13.9. The molecule has 7 nitrogen and oxygen atoms in total. The molecule has 1 saturated carbocycles. The highest BCUT2D eigenvalue weighted by atomic mass is 32.2. The number of aryl methyl sites for hydroxylation is 2. The van der Waals surface area contributed by atoms with Gasteiger partial charge in [-0.3, -0.25) is 9.59 Å². The molecular formula is C38H50N2O5S. The van der Waals surface area contributed by atoms with Crippen LogP contribution in [0.3, 0.4) is 0 Å². The molecule has 2 heterocycles. The fourth-order valence-electron chi connectivity index (χ4n) is 8.25. The number of methoxy groups -OCH3 is 1. The number of ether oxygens (including phenoxy) is 2. The van der Waals surface area contributed by atoms with Gasteiger partial charge in [0.05, 0.1) is 33.9 Å².